The number of rotatable bonds is 4. The predicted molar refractivity (Wildman–Crippen MR) is 69.7 cm³/mol. The van der Waals surface area contributed by atoms with Crippen LogP contribution in [0.2, 0.25) is 0 Å². The van der Waals surface area contributed by atoms with E-state index in [-0.39, 0.29) is 21.4 Å². The molecule has 0 aliphatic carbocycles. The van der Waals surface area contributed by atoms with Gasteiger partial charge in [-0.05, 0) is 0 Å². The van der Waals surface area contributed by atoms with Gasteiger partial charge in [-0.25, -0.2) is 8.42 Å². The molecular weight excluding hydrogens is 308 g/mol. The van der Waals surface area contributed by atoms with Gasteiger partial charge >= 0.3 is 0 Å². The Bertz CT molecular complexity index is 591. The Hall–Kier alpha value is -1.20. The summed E-state index contributed by atoms with van der Waals surface area (Å²) >= 11 is 0.810. The molecule has 0 saturated carbocycles. The van der Waals surface area contributed by atoms with Crippen molar-refractivity contribution in [3.63, 3.8) is 0 Å². The van der Waals surface area contributed by atoms with Crippen molar-refractivity contribution < 1.29 is 27.9 Å². The van der Waals surface area contributed by atoms with Gasteiger partial charge in [-0.2, -0.15) is 0 Å². The summed E-state index contributed by atoms with van der Waals surface area (Å²) in [7, 11) is -2.81. The fraction of sp³-hybridized carbons (Fsp3) is 0.500. The van der Waals surface area contributed by atoms with Crippen molar-refractivity contribution in [1.29, 1.82) is 0 Å². The molecule has 2 heterocycles. The molecule has 1 aromatic heterocycles. The van der Waals surface area contributed by atoms with Gasteiger partial charge in [-0.3, -0.25) is 4.79 Å². The van der Waals surface area contributed by atoms with E-state index in [1.54, 1.807) is 4.90 Å². The van der Waals surface area contributed by atoms with Gasteiger partial charge in [0.25, 0.3) is 15.9 Å². The molecule has 0 atom stereocenters. The highest BCUT2D eigenvalue weighted by molar-refractivity contribution is 7.91. The van der Waals surface area contributed by atoms with Gasteiger partial charge in [0.05, 0.1) is 25.9 Å². The van der Waals surface area contributed by atoms with Gasteiger partial charge in [0, 0.05) is 18.5 Å². The number of hydrogen-bond acceptors (Lipinski definition) is 7. The summed E-state index contributed by atoms with van der Waals surface area (Å²) in [6, 6.07) is 0. The van der Waals surface area contributed by atoms with Gasteiger partial charge in [0.1, 0.15) is 0 Å². The summed E-state index contributed by atoms with van der Waals surface area (Å²) in [6.07, 6.45) is 0. The molecule has 112 valence electrons. The molecular formula is C10H14N2O6S2. The van der Waals surface area contributed by atoms with Crippen LogP contribution in [0.4, 0.5) is 0 Å². The third-order valence-electron chi connectivity index (χ3n) is 2.81. The van der Waals surface area contributed by atoms with Crippen molar-refractivity contribution in [2.24, 2.45) is 0 Å². The minimum Gasteiger partial charge on any atom is -0.494 e. The minimum atomic E-state index is -4.08. The van der Waals surface area contributed by atoms with Crippen molar-refractivity contribution in [3.05, 3.63) is 10.9 Å². The van der Waals surface area contributed by atoms with Crippen LogP contribution >= 0.6 is 11.3 Å². The maximum absolute atomic E-state index is 12.3. The third kappa shape index (κ3) is 2.79. The first-order valence-electron chi connectivity index (χ1n) is 5.69. The van der Waals surface area contributed by atoms with Gasteiger partial charge in [0.2, 0.25) is 0 Å². The zero-order valence-electron chi connectivity index (χ0n) is 10.7. The summed E-state index contributed by atoms with van der Waals surface area (Å²) in [4.78, 5) is 15.1. The first-order chi connectivity index (χ1) is 9.51. The van der Waals surface area contributed by atoms with Crippen molar-refractivity contribution in [3.8, 4) is 5.75 Å². The molecule has 1 amide bonds. The number of morpholine rings is 1. The molecule has 2 N–H and O–H groups in total. The van der Waals surface area contributed by atoms with Crippen molar-refractivity contribution >= 4 is 27.3 Å². The number of sulfonamides is 1. The fourth-order valence-corrected chi connectivity index (χ4v) is 3.85. The summed E-state index contributed by atoms with van der Waals surface area (Å²) in [6.45, 7) is 1.78. The number of ether oxygens (including phenoxy) is 2. The Morgan fingerprint density at radius 1 is 1.50 bits per heavy atom. The topological polar surface area (TPSA) is 105 Å². The van der Waals surface area contributed by atoms with Crippen LogP contribution in [0.25, 0.3) is 0 Å². The van der Waals surface area contributed by atoms with E-state index in [4.69, 9.17) is 14.7 Å². The molecule has 0 aromatic carbocycles. The van der Waals surface area contributed by atoms with Gasteiger partial charge in [0.15, 0.2) is 9.96 Å². The normalized spacial score (nSPS) is 16.2. The Balaban J connectivity index is 2.35. The van der Waals surface area contributed by atoms with Crippen molar-refractivity contribution in [1.82, 2.24) is 9.79 Å². The lowest BCUT2D eigenvalue weighted by Gasteiger charge is -2.26. The number of nitrogens with one attached hydrogen (secondary N) is 1. The first kappa shape index (κ1) is 15.2. The van der Waals surface area contributed by atoms with E-state index >= 15 is 0 Å². The maximum atomic E-state index is 12.3. The molecule has 0 radical (unpaired) electrons. The Kier molecular flexibility index (Phi) is 4.60. The number of amides is 1. The predicted octanol–water partition coefficient (Wildman–Crippen LogP) is -0.103. The molecule has 0 bridgehead atoms. The third-order valence-corrected chi connectivity index (χ3v) is 5.42. The zero-order chi connectivity index (χ0) is 14.8. The average molecular weight is 322 g/mol. The Morgan fingerprint density at radius 2 is 2.15 bits per heavy atom. The van der Waals surface area contributed by atoms with Crippen LogP contribution in [0.5, 0.6) is 5.75 Å². The zero-order valence-corrected chi connectivity index (χ0v) is 12.3. The number of thiophene rings is 1. The quantitative estimate of drug-likeness (QED) is 0.750. The van der Waals surface area contributed by atoms with E-state index in [0.717, 1.165) is 11.3 Å². The highest BCUT2D eigenvalue weighted by Crippen LogP contribution is 2.35. The van der Waals surface area contributed by atoms with Crippen LogP contribution in [0.1, 0.15) is 10.4 Å². The van der Waals surface area contributed by atoms with Crippen LogP contribution in [0.3, 0.4) is 0 Å². The average Bonchev–Trinajstić information content (AvgIpc) is 2.92. The van der Waals surface area contributed by atoms with Gasteiger partial charge in [-0.1, -0.05) is 4.89 Å². The largest absolute Gasteiger partial charge is 0.494 e. The van der Waals surface area contributed by atoms with Crippen LogP contribution < -0.4 is 9.62 Å². The fourth-order valence-electron chi connectivity index (χ4n) is 1.83. The molecule has 2 rings (SSSR count). The lowest BCUT2D eigenvalue weighted by Crippen LogP contribution is -2.40. The van der Waals surface area contributed by atoms with Crippen LogP contribution in [0.15, 0.2) is 9.59 Å². The number of nitrogens with zero attached hydrogens (tertiary/aromatic N) is 1. The first-order valence-corrected chi connectivity index (χ1v) is 8.06. The summed E-state index contributed by atoms with van der Waals surface area (Å²) < 4.78 is 33.2. The molecule has 1 saturated heterocycles. The molecule has 0 spiro atoms. The van der Waals surface area contributed by atoms with E-state index < -0.39 is 10.0 Å². The number of hydrogen-bond donors (Lipinski definition) is 2. The second-order valence-electron chi connectivity index (χ2n) is 3.97. The van der Waals surface area contributed by atoms with Crippen molar-refractivity contribution in [2.75, 3.05) is 33.4 Å². The van der Waals surface area contributed by atoms with E-state index in [2.05, 4.69) is 0 Å². The Morgan fingerprint density at radius 3 is 2.70 bits per heavy atom. The van der Waals surface area contributed by atoms with Crippen LogP contribution in [0, 0.1) is 0 Å². The molecule has 1 aliphatic rings. The number of methoxy groups -OCH3 is 1. The van der Waals surface area contributed by atoms with E-state index in [1.807, 2.05) is 0 Å². The van der Waals surface area contributed by atoms with E-state index in [0.29, 0.717) is 26.3 Å². The SMILES string of the molecule is COc1c(C(=O)N2CCOCC2)csc1S(=O)(=O)NO. The second kappa shape index (κ2) is 6.06. The second-order valence-corrected chi connectivity index (χ2v) is 6.71. The molecule has 1 fully saturated rings. The number of carbonyl (C=O) groups is 1. The molecule has 1 aliphatic heterocycles. The Labute approximate surface area is 119 Å². The van der Waals surface area contributed by atoms with Crippen molar-refractivity contribution in [2.45, 2.75) is 4.21 Å². The smallest absolute Gasteiger partial charge is 0.275 e. The van der Waals surface area contributed by atoms with Crippen LogP contribution in [-0.2, 0) is 14.8 Å². The van der Waals surface area contributed by atoms with E-state index in [1.165, 1.54) is 17.4 Å². The highest BCUT2D eigenvalue weighted by atomic mass is 32.2. The molecule has 8 nitrogen and oxygen atoms in total. The lowest BCUT2D eigenvalue weighted by atomic mass is 10.2. The maximum Gasteiger partial charge on any atom is 0.275 e. The number of carbonyl (C=O) groups excluding carboxylic acids is 1. The summed E-state index contributed by atoms with van der Waals surface area (Å²) in [5, 5.41) is 10.1. The standard InChI is InChI=1S/C10H14N2O6S2/c1-17-8-7(6-19-10(8)20(15,16)11-14)9(13)12-2-4-18-5-3-12/h6,11,14H,2-5H2,1H3. The molecule has 20 heavy (non-hydrogen) atoms. The molecule has 0 unspecified atom stereocenters. The highest BCUT2D eigenvalue weighted by Gasteiger charge is 2.29. The molecule has 1 aromatic rings. The monoisotopic (exact) mass is 322 g/mol. The van der Waals surface area contributed by atoms with E-state index in [9.17, 15) is 13.2 Å². The summed E-state index contributed by atoms with van der Waals surface area (Å²) in [5.41, 5.74) is 0.160. The summed E-state index contributed by atoms with van der Waals surface area (Å²) in [5.74, 6) is -0.381. The minimum absolute atomic E-state index is 0.0620. The lowest BCUT2D eigenvalue weighted by molar-refractivity contribution is 0.0301. The van der Waals surface area contributed by atoms with Gasteiger partial charge in [-0.15, -0.1) is 11.3 Å². The van der Waals surface area contributed by atoms with Gasteiger partial charge < -0.3 is 19.6 Å². The van der Waals surface area contributed by atoms with Crippen LogP contribution in [-0.4, -0.2) is 57.8 Å². The molecule has 10 heteroatoms.